The van der Waals surface area contributed by atoms with Crippen LogP contribution in [0.25, 0.3) is 0 Å². The molecule has 0 unspecified atom stereocenters. The van der Waals surface area contributed by atoms with Gasteiger partial charge in [-0.25, -0.2) is 4.79 Å². The first-order valence-electron chi connectivity index (χ1n) is 7.14. The molecule has 20 heavy (non-hydrogen) atoms. The summed E-state index contributed by atoms with van der Waals surface area (Å²) < 4.78 is 9.95. The van der Waals surface area contributed by atoms with Gasteiger partial charge in [0.05, 0.1) is 14.2 Å². The minimum absolute atomic E-state index is 0.330. The Morgan fingerprint density at radius 3 is 2.35 bits per heavy atom. The van der Waals surface area contributed by atoms with Gasteiger partial charge in [-0.05, 0) is 25.0 Å². The Kier molecular flexibility index (Phi) is 5.21. The fourth-order valence-corrected chi connectivity index (χ4v) is 2.50. The summed E-state index contributed by atoms with van der Waals surface area (Å²) in [6.45, 7) is 2.02. The van der Waals surface area contributed by atoms with E-state index < -0.39 is 5.97 Å². The molecule has 1 aliphatic rings. The lowest BCUT2D eigenvalue weighted by molar-refractivity contribution is 0.0596. The van der Waals surface area contributed by atoms with Crippen molar-refractivity contribution >= 4 is 11.8 Å². The van der Waals surface area contributed by atoms with Gasteiger partial charge in [0, 0.05) is 13.1 Å². The van der Waals surface area contributed by atoms with Crippen molar-refractivity contribution in [2.24, 2.45) is 0 Å². The van der Waals surface area contributed by atoms with Crippen molar-refractivity contribution in [3.63, 3.8) is 0 Å². The van der Waals surface area contributed by atoms with E-state index in [0.717, 1.165) is 18.9 Å². The van der Waals surface area contributed by atoms with E-state index >= 15 is 0 Å². The van der Waals surface area contributed by atoms with E-state index in [2.05, 4.69) is 9.88 Å². The number of carbonyl (C=O) groups is 1. The van der Waals surface area contributed by atoms with E-state index in [1.807, 2.05) is 6.07 Å². The van der Waals surface area contributed by atoms with Crippen LogP contribution in [0.1, 0.15) is 42.5 Å². The van der Waals surface area contributed by atoms with Crippen molar-refractivity contribution in [2.75, 3.05) is 32.2 Å². The minimum Gasteiger partial charge on any atom is -0.480 e. The van der Waals surface area contributed by atoms with E-state index in [-0.39, 0.29) is 0 Å². The Hall–Kier alpha value is -1.78. The second-order valence-electron chi connectivity index (χ2n) is 4.97. The summed E-state index contributed by atoms with van der Waals surface area (Å²) in [6.07, 6.45) is 6.24. The smallest absolute Gasteiger partial charge is 0.343 e. The molecular formula is C15H22N2O3. The summed E-state index contributed by atoms with van der Waals surface area (Å²) >= 11 is 0. The minimum atomic E-state index is -0.423. The zero-order valence-electron chi connectivity index (χ0n) is 12.2. The van der Waals surface area contributed by atoms with Crippen molar-refractivity contribution in [1.29, 1.82) is 0 Å². The highest BCUT2D eigenvalue weighted by Crippen LogP contribution is 2.23. The first-order chi connectivity index (χ1) is 9.76. The van der Waals surface area contributed by atoms with Crippen molar-refractivity contribution in [1.82, 2.24) is 4.98 Å². The standard InChI is InChI=1S/C15H22N2O3/c1-19-14-12(15(18)20-2)8-9-13(16-14)17-10-6-4-3-5-7-11-17/h8-9H,3-7,10-11H2,1-2H3. The zero-order chi connectivity index (χ0) is 14.4. The molecular weight excluding hydrogens is 256 g/mol. The van der Waals surface area contributed by atoms with Crippen LogP contribution < -0.4 is 9.64 Å². The summed E-state index contributed by atoms with van der Waals surface area (Å²) in [6, 6.07) is 3.60. The molecule has 0 aromatic carbocycles. The Balaban J connectivity index is 2.21. The monoisotopic (exact) mass is 278 g/mol. The molecule has 0 N–H and O–H groups in total. The summed E-state index contributed by atoms with van der Waals surface area (Å²) in [5.41, 5.74) is 0.366. The zero-order valence-corrected chi connectivity index (χ0v) is 12.2. The Morgan fingerprint density at radius 2 is 1.75 bits per heavy atom. The first kappa shape index (κ1) is 14.6. The number of rotatable bonds is 3. The van der Waals surface area contributed by atoms with Gasteiger partial charge in [0.25, 0.3) is 0 Å². The molecule has 5 nitrogen and oxygen atoms in total. The third kappa shape index (κ3) is 3.40. The van der Waals surface area contributed by atoms with Crippen LogP contribution in [0.15, 0.2) is 12.1 Å². The summed E-state index contributed by atoms with van der Waals surface area (Å²) in [5, 5.41) is 0. The number of pyridine rings is 1. The van der Waals surface area contributed by atoms with Gasteiger partial charge in [-0.3, -0.25) is 0 Å². The maximum atomic E-state index is 11.6. The summed E-state index contributed by atoms with van der Waals surface area (Å²) in [7, 11) is 2.88. The van der Waals surface area contributed by atoms with Gasteiger partial charge in [0.2, 0.25) is 5.88 Å². The van der Waals surface area contributed by atoms with Crippen molar-refractivity contribution in [2.45, 2.75) is 32.1 Å². The van der Waals surface area contributed by atoms with Crippen LogP contribution in [0.5, 0.6) is 5.88 Å². The highest BCUT2D eigenvalue weighted by atomic mass is 16.5. The lowest BCUT2D eigenvalue weighted by atomic mass is 10.1. The molecule has 0 bridgehead atoms. The van der Waals surface area contributed by atoms with E-state index in [4.69, 9.17) is 9.47 Å². The molecule has 1 fully saturated rings. The molecule has 0 amide bonds. The second kappa shape index (κ2) is 7.12. The quantitative estimate of drug-likeness (QED) is 0.796. The fraction of sp³-hybridized carbons (Fsp3) is 0.600. The van der Waals surface area contributed by atoms with E-state index in [9.17, 15) is 4.79 Å². The molecule has 1 aromatic heterocycles. The average molecular weight is 278 g/mol. The van der Waals surface area contributed by atoms with Crippen molar-refractivity contribution < 1.29 is 14.3 Å². The maximum absolute atomic E-state index is 11.6. The largest absolute Gasteiger partial charge is 0.480 e. The van der Waals surface area contributed by atoms with Crippen LogP contribution in [-0.4, -0.2) is 38.3 Å². The van der Waals surface area contributed by atoms with Gasteiger partial charge in [-0.1, -0.05) is 19.3 Å². The normalized spacial score (nSPS) is 16.2. The van der Waals surface area contributed by atoms with E-state index in [1.165, 1.54) is 46.3 Å². The molecule has 2 rings (SSSR count). The average Bonchev–Trinajstić information content (AvgIpc) is 2.45. The lowest BCUT2D eigenvalue weighted by Gasteiger charge is -2.26. The lowest BCUT2D eigenvalue weighted by Crippen LogP contribution is -2.28. The number of ether oxygens (including phenoxy) is 2. The second-order valence-corrected chi connectivity index (χ2v) is 4.97. The summed E-state index contributed by atoms with van der Waals surface area (Å²) in [5.74, 6) is 0.779. The topological polar surface area (TPSA) is 51.7 Å². The number of hydrogen-bond acceptors (Lipinski definition) is 5. The maximum Gasteiger partial charge on any atom is 0.343 e. The van der Waals surface area contributed by atoms with Crippen LogP contribution in [0.4, 0.5) is 5.82 Å². The molecule has 0 aliphatic carbocycles. The first-order valence-corrected chi connectivity index (χ1v) is 7.14. The molecule has 0 spiro atoms. The number of methoxy groups -OCH3 is 2. The number of nitrogens with zero attached hydrogens (tertiary/aromatic N) is 2. The number of anilines is 1. The van der Waals surface area contributed by atoms with Crippen LogP contribution >= 0.6 is 0 Å². The molecule has 1 aliphatic heterocycles. The predicted octanol–water partition coefficient (Wildman–Crippen LogP) is 2.65. The van der Waals surface area contributed by atoms with Crippen molar-refractivity contribution in [3.05, 3.63) is 17.7 Å². The fourth-order valence-electron chi connectivity index (χ4n) is 2.50. The Labute approximate surface area is 119 Å². The van der Waals surface area contributed by atoms with Gasteiger partial charge >= 0.3 is 5.97 Å². The number of esters is 1. The van der Waals surface area contributed by atoms with Gasteiger partial charge in [0.1, 0.15) is 11.4 Å². The van der Waals surface area contributed by atoms with Gasteiger partial charge in [-0.15, -0.1) is 0 Å². The molecule has 0 atom stereocenters. The third-order valence-corrected chi connectivity index (χ3v) is 3.62. The van der Waals surface area contributed by atoms with Crippen LogP contribution in [-0.2, 0) is 4.74 Å². The molecule has 1 saturated heterocycles. The van der Waals surface area contributed by atoms with Gasteiger partial charge < -0.3 is 14.4 Å². The Morgan fingerprint density at radius 1 is 1.10 bits per heavy atom. The third-order valence-electron chi connectivity index (χ3n) is 3.62. The summed E-state index contributed by atoms with van der Waals surface area (Å²) in [4.78, 5) is 18.4. The van der Waals surface area contributed by atoms with E-state index in [0.29, 0.717) is 11.4 Å². The molecule has 110 valence electrons. The predicted molar refractivity (Wildman–Crippen MR) is 77.4 cm³/mol. The SMILES string of the molecule is COC(=O)c1ccc(N2CCCCCCC2)nc1OC. The molecule has 0 saturated carbocycles. The highest BCUT2D eigenvalue weighted by Gasteiger charge is 2.17. The van der Waals surface area contributed by atoms with Crippen LogP contribution in [0.3, 0.4) is 0 Å². The number of aromatic nitrogens is 1. The van der Waals surface area contributed by atoms with Crippen LogP contribution in [0.2, 0.25) is 0 Å². The Bertz CT molecular complexity index is 454. The van der Waals surface area contributed by atoms with Crippen molar-refractivity contribution in [3.8, 4) is 5.88 Å². The highest BCUT2D eigenvalue weighted by molar-refractivity contribution is 5.92. The van der Waals surface area contributed by atoms with Crippen LogP contribution in [0, 0.1) is 0 Å². The molecule has 2 heterocycles. The molecule has 5 heteroatoms. The number of carbonyl (C=O) groups excluding carboxylic acids is 1. The van der Waals surface area contributed by atoms with E-state index in [1.54, 1.807) is 6.07 Å². The van der Waals surface area contributed by atoms with Gasteiger partial charge in [-0.2, -0.15) is 4.98 Å². The number of hydrogen-bond donors (Lipinski definition) is 0. The van der Waals surface area contributed by atoms with Gasteiger partial charge in [0.15, 0.2) is 0 Å². The molecule has 1 aromatic rings. The molecule has 0 radical (unpaired) electrons.